The molecule has 0 bridgehead atoms. The number of hydrogen-bond donors (Lipinski definition) is 2. The predicted molar refractivity (Wildman–Crippen MR) is 105 cm³/mol. The topological polar surface area (TPSA) is 48.9 Å². The number of piperidine rings is 1. The molecule has 1 heterocycles. The molecule has 5 nitrogen and oxygen atoms in total. The highest BCUT2D eigenvalue weighted by Crippen LogP contribution is 2.16. The van der Waals surface area contributed by atoms with Gasteiger partial charge in [-0.05, 0) is 56.8 Å². The van der Waals surface area contributed by atoms with Crippen LogP contribution in [0.3, 0.4) is 0 Å². The van der Waals surface area contributed by atoms with Crippen molar-refractivity contribution in [1.29, 1.82) is 0 Å². The summed E-state index contributed by atoms with van der Waals surface area (Å²) < 4.78 is 5.17. The molecule has 0 atom stereocenters. The van der Waals surface area contributed by atoms with Gasteiger partial charge in [0, 0.05) is 26.7 Å². The summed E-state index contributed by atoms with van der Waals surface area (Å²) in [6.07, 6.45) is 2.49. The Kier molecular flexibility index (Phi) is 8.77. The largest absolute Gasteiger partial charge is 0.383 e. The van der Waals surface area contributed by atoms with E-state index in [1.165, 1.54) is 37.1 Å². The lowest BCUT2D eigenvalue weighted by molar-refractivity contribution is 0.121. The van der Waals surface area contributed by atoms with Crippen LogP contribution in [0, 0.1) is 12.8 Å². The van der Waals surface area contributed by atoms with E-state index >= 15 is 0 Å². The van der Waals surface area contributed by atoms with E-state index in [1.807, 2.05) is 0 Å². The van der Waals surface area contributed by atoms with E-state index in [1.54, 1.807) is 7.11 Å². The number of ether oxygens (including phenoxy) is 1. The first kappa shape index (κ1) is 19.7. The summed E-state index contributed by atoms with van der Waals surface area (Å²) in [6, 6.07) is 8.45. The molecule has 2 N–H and O–H groups in total. The Morgan fingerprint density at radius 2 is 2.00 bits per heavy atom. The van der Waals surface area contributed by atoms with Crippen LogP contribution in [0.25, 0.3) is 0 Å². The lowest BCUT2D eigenvalue weighted by Crippen LogP contribution is -2.43. The van der Waals surface area contributed by atoms with Crippen molar-refractivity contribution in [3.05, 3.63) is 35.4 Å². The molecule has 5 heteroatoms. The second kappa shape index (κ2) is 11.1. The molecule has 1 saturated heterocycles. The van der Waals surface area contributed by atoms with Crippen LogP contribution in [0.5, 0.6) is 0 Å². The fourth-order valence-electron chi connectivity index (χ4n) is 3.17. The molecule has 2 rings (SSSR count). The molecule has 1 fully saturated rings. The first-order valence-electron chi connectivity index (χ1n) is 9.51. The quantitative estimate of drug-likeness (QED) is 0.561. The molecular formula is C20H34N4O. The predicted octanol–water partition coefficient (Wildman–Crippen LogP) is 2.41. The standard InChI is InChI=1S/C20H34N4O/c1-4-21-20(23-16-19-8-6-5-7-17(19)2)22-15-18-9-11-24(12-10-18)13-14-25-3/h5-8,18H,4,9-16H2,1-3H3,(H2,21,22,23). The molecule has 0 spiro atoms. The fourth-order valence-corrected chi connectivity index (χ4v) is 3.17. The number of rotatable bonds is 8. The van der Waals surface area contributed by atoms with E-state index < -0.39 is 0 Å². The highest BCUT2D eigenvalue weighted by atomic mass is 16.5. The van der Waals surface area contributed by atoms with Gasteiger partial charge in [0.1, 0.15) is 0 Å². The van der Waals surface area contributed by atoms with Crippen molar-refractivity contribution in [3.63, 3.8) is 0 Å². The van der Waals surface area contributed by atoms with E-state index in [4.69, 9.17) is 9.73 Å². The number of guanidine groups is 1. The van der Waals surface area contributed by atoms with Crippen LogP contribution in [0.2, 0.25) is 0 Å². The Bertz CT molecular complexity index is 524. The average molecular weight is 347 g/mol. The average Bonchev–Trinajstić information content (AvgIpc) is 2.64. The Morgan fingerprint density at radius 3 is 2.68 bits per heavy atom. The van der Waals surface area contributed by atoms with Crippen LogP contribution in [0.15, 0.2) is 29.3 Å². The summed E-state index contributed by atoms with van der Waals surface area (Å²) in [5.41, 5.74) is 2.58. The molecule has 0 saturated carbocycles. The van der Waals surface area contributed by atoms with Gasteiger partial charge in [0.05, 0.1) is 13.2 Å². The zero-order valence-corrected chi connectivity index (χ0v) is 16.1. The van der Waals surface area contributed by atoms with Gasteiger partial charge in [-0.25, -0.2) is 4.99 Å². The Morgan fingerprint density at radius 1 is 1.24 bits per heavy atom. The molecule has 25 heavy (non-hydrogen) atoms. The Balaban J connectivity index is 1.78. The molecule has 0 aromatic heterocycles. The molecule has 1 aliphatic rings. The van der Waals surface area contributed by atoms with E-state index in [-0.39, 0.29) is 0 Å². The maximum atomic E-state index is 5.17. The molecule has 140 valence electrons. The molecule has 1 aromatic rings. The first-order chi connectivity index (χ1) is 12.2. The van der Waals surface area contributed by atoms with Crippen molar-refractivity contribution >= 4 is 5.96 Å². The van der Waals surface area contributed by atoms with Crippen molar-refractivity contribution in [2.75, 3.05) is 46.4 Å². The minimum atomic E-state index is 0.720. The lowest BCUT2D eigenvalue weighted by atomic mass is 9.97. The van der Waals surface area contributed by atoms with Gasteiger partial charge in [-0.1, -0.05) is 24.3 Å². The third-order valence-electron chi connectivity index (χ3n) is 4.89. The summed E-state index contributed by atoms with van der Waals surface area (Å²) in [4.78, 5) is 7.25. The highest BCUT2D eigenvalue weighted by molar-refractivity contribution is 5.79. The Labute approximate surface area is 152 Å². The lowest BCUT2D eigenvalue weighted by Gasteiger charge is -2.32. The van der Waals surface area contributed by atoms with Gasteiger partial charge < -0.3 is 20.3 Å². The molecular weight excluding hydrogens is 312 g/mol. The van der Waals surface area contributed by atoms with Crippen LogP contribution in [-0.2, 0) is 11.3 Å². The van der Waals surface area contributed by atoms with Gasteiger partial charge in [0.2, 0.25) is 0 Å². The zero-order valence-electron chi connectivity index (χ0n) is 16.1. The smallest absolute Gasteiger partial charge is 0.191 e. The summed E-state index contributed by atoms with van der Waals surface area (Å²) in [7, 11) is 1.77. The van der Waals surface area contributed by atoms with Crippen LogP contribution >= 0.6 is 0 Å². The summed E-state index contributed by atoms with van der Waals surface area (Å²) in [5.74, 6) is 1.65. The van der Waals surface area contributed by atoms with E-state index in [2.05, 4.69) is 53.6 Å². The maximum Gasteiger partial charge on any atom is 0.191 e. The normalized spacial score (nSPS) is 16.8. The Hall–Kier alpha value is -1.59. The van der Waals surface area contributed by atoms with Gasteiger partial charge in [-0.3, -0.25) is 0 Å². The van der Waals surface area contributed by atoms with Crippen LogP contribution in [-0.4, -0.2) is 57.3 Å². The minimum Gasteiger partial charge on any atom is -0.383 e. The second-order valence-electron chi connectivity index (χ2n) is 6.78. The van der Waals surface area contributed by atoms with Gasteiger partial charge in [0.25, 0.3) is 0 Å². The minimum absolute atomic E-state index is 0.720. The number of nitrogens with zero attached hydrogens (tertiary/aromatic N) is 2. The highest BCUT2D eigenvalue weighted by Gasteiger charge is 2.18. The van der Waals surface area contributed by atoms with Crippen molar-refractivity contribution in [1.82, 2.24) is 15.5 Å². The summed E-state index contributed by atoms with van der Waals surface area (Å²) in [6.45, 7) is 11.1. The number of methoxy groups -OCH3 is 1. The van der Waals surface area contributed by atoms with Gasteiger partial charge in [0.15, 0.2) is 5.96 Å². The zero-order chi connectivity index (χ0) is 17.9. The van der Waals surface area contributed by atoms with Crippen molar-refractivity contribution in [2.45, 2.75) is 33.2 Å². The molecule has 1 aliphatic heterocycles. The van der Waals surface area contributed by atoms with Gasteiger partial charge in [-0.2, -0.15) is 0 Å². The van der Waals surface area contributed by atoms with Crippen molar-refractivity contribution in [3.8, 4) is 0 Å². The molecule has 0 radical (unpaired) electrons. The number of aliphatic imine (C=N–C) groups is 1. The molecule has 0 unspecified atom stereocenters. The van der Waals surface area contributed by atoms with Gasteiger partial charge >= 0.3 is 0 Å². The number of nitrogens with one attached hydrogen (secondary N) is 2. The summed E-state index contributed by atoms with van der Waals surface area (Å²) in [5, 5.41) is 6.89. The van der Waals surface area contributed by atoms with Crippen molar-refractivity contribution in [2.24, 2.45) is 10.9 Å². The van der Waals surface area contributed by atoms with Crippen LogP contribution in [0.4, 0.5) is 0 Å². The third-order valence-corrected chi connectivity index (χ3v) is 4.89. The molecule has 1 aromatic carbocycles. The van der Waals surface area contributed by atoms with E-state index in [0.29, 0.717) is 0 Å². The third kappa shape index (κ3) is 7.04. The second-order valence-corrected chi connectivity index (χ2v) is 6.78. The first-order valence-corrected chi connectivity index (χ1v) is 9.51. The molecule has 0 aliphatic carbocycles. The van der Waals surface area contributed by atoms with E-state index in [0.717, 1.165) is 44.7 Å². The maximum absolute atomic E-state index is 5.17. The van der Waals surface area contributed by atoms with Gasteiger partial charge in [-0.15, -0.1) is 0 Å². The molecule has 0 amide bonds. The van der Waals surface area contributed by atoms with Crippen LogP contribution in [0.1, 0.15) is 30.9 Å². The van der Waals surface area contributed by atoms with Crippen LogP contribution < -0.4 is 10.6 Å². The monoisotopic (exact) mass is 346 g/mol. The SMILES string of the molecule is CCNC(=NCc1ccccc1C)NCC1CCN(CCOC)CC1. The van der Waals surface area contributed by atoms with Crippen molar-refractivity contribution < 1.29 is 4.74 Å². The number of hydrogen-bond acceptors (Lipinski definition) is 3. The summed E-state index contributed by atoms with van der Waals surface area (Å²) >= 11 is 0. The fraction of sp³-hybridized carbons (Fsp3) is 0.650. The number of likely N-dealkylation sites (tertiary alicyclic amines) is 1. The number of benzene rings is 1. The number of aryl methyl sites for hydroxylation is 1. The van der Waals surface area contributed by atoms with E-state index in [9.17, 15) is 0 Å².